The molecule has 3 nitrogen and oxygen atoms in total. The van der Waals surface area contributed by atoms with Crippen LogP contribution in [0.4, 0.5) is 0 Å². The first kappa shape index (κ1) is 13.3. The van der Waals surface area contributed by atoms with E-state index >= 15 is 0 Å². The molecule has 3 heteroatoms. The number of hydrogen-bond acceptors (Lipinski definition) is 3. The van der Waals surface area contributed by atoms with Crippen molar-refractivity contribution >= 4 is 0 Å². The molecule has 2 heterocycles. The van der Waals surface area contributed by atoms with E-state index in [4.69, 9.17) is 0 Å². The minimum atomic E-state index is 0.823. The van der Waals surface area contributed by atoms with E-state index in [1.54, 1.807) is 0 Å². The Kier molecular flexibility index (Phi) is 5.26. The maximum atomic E-state index is 3.50. The van der Waals surface area contributed by atoms with Crippen LogP contribution in [0.5, 0.6) is 0 Å². The van der Waals surface area contributed by atoms with Gasteiger partial charge in [-0.3, -0.25) is 0 Å². The molecule has 0 radical (unpaired) electrons. The van der Waals surface area contributed by atoms with Crippen LogP contribution < -0.4 is 10.6 Å². The SMILES string of the molecule is CCN(C)C(C1CCNCC1)C1CCNCC1. The Morgan fingerprint density at radius 3 is 1.71 bits per heavy atom. The summed E-state index contributed by atoms with van der Waals surface area (Å²) in [6.07, 6.45) is 5.50. The van der Waals surface area contributed by atoms with Crippen molar-refractivity contribution in [3.8, 4) is 0 Å². The molecule has 2 rings (SSSR count). The first-order chi connectivity index (χ1) is 8.33. The summed E-state index contributed by atoms with van der Waals surface area (Å²) in [6, 6.07) is 0.823. The number of hydrogen-bond donors (Lipinski definition) is 2. The molecule has 2 aliphatic rings. The first-order valence-electron chi connectivity index (χ1n) is 7.44. The van der Waals surface area contributed by atoms with Crippen molar-refractivity contribution in [2.24, 2.45) is 11.8 Å². The minimum Gasteiger partial charge on any atom is -0.317 e. The predicted molar refractivity (Wildman–Crippen MR) is 73.3 cm³/mol. The van der Waals surface area contributed by atoms with Gasteiger partial charge in [0.2, 0.25) is 0 Å². The van der Waals surface area contributed by atoms with E-state index in [1.807, 2.05) is 0 Å². The second-order valence-electron chi connectivity index (χ2n) is 5.74. The molecule has 0 bridgehead atoms. The highest BCUT2D eigenvalue weighted by atomic mass is 15.1. The van der Waals surface area contributed by atoms with Crippen LogP contribution in [0.15, 0.2) is 0 Å². The Morgan fingerprint density at radius 1 is 0.941 bits per heavy atom. The molecular weight excluding hydrogens is 210 g/mol. The van der Waals surface area contributed by atoms with Crippen LogP contribution in [0.3, 0.4) is 0 Å². The third kappa shape index (κ3) is 3.43. The topological polar surface area (TPSA) is 27.3 Å². The Morgan fingerprint density at radius 2 is 1.35 bits per heavy atom. The monoisotopic (exact) mass is 239 g/mol. The second kappa shape index (κ2) is 6.72. The van der Waals surface area contributed by atoms with E-state index in [0.717, 1.165) is 17.9 Å². The lowest BCUT2D eigenvalue weighted by molar-refractivity contribution is 0.0835. The van der Waals surface area contributed by atoms with Gasteiger partial charge in [-0.05, 0) is 77.3 Å². The lowest BCUT2D eigenvalue weighted by Gasteiger charge is -2.43. The van der Waals surface area contributed by atoms with Gasteiger partial charge < -0.3 is 15.5 Å². The Labute approximate surface area is 106 Å². The Bertz CT molecular complexity index is 190. The molecule has 2 fully saturated rings. The molecule has 0 spiro atoms. The second-order valence-corrected chi connectivity index (χ2v) is 5.74. The zero-order chi connectivity index (χ0) is 12.1. The van der Waals surface area contributed by atoms with Crippen LogP contribution in [-0.2, 0) is 0 Å². The molecule has 100 valence electrons. The van der Waals surface area contributed by atoms with Gasteiger partial charge in [0.25, 0.3) is 0 Å². The molecule has 0 amide bonds. The summed E-state index contributed by atoms with van der Waals surface area (Å²) < 4.78 is 0. The third-order valence-electron chi connectivity index (χ3n) is 4.74. The summed E-state index contributed by atoms with van der Waals surface area (Å²) in [5.74, 6) is 1.84. The summed E-state index contributed by atoms with van der Waals surface area (Å²) in [4.78, 5) is 2.62. The van der Waals surface area contributed by atoms with E-state index in [9.17, 15) is 0 Å². The highest BCUT2D eigenvalue weighted by molar-refractivity contribution is 4.88. The first-order valence-corrected chi connectivity index (χ1v) is 7.44. The van der Waals surface area contributed by atoms with Crippen molar-refractivity contribution in [3.63, 3.8) is 0 Å². The molecule has 0 aliphatic carbocycles. The van der Waals surface area contributed by atoms with Gasteiger partial charge in [0.1, 0.15) is 0 Å². The van der Waals surface area contributed by atoms with Gasteiger partial charge >= 0.3 is 0 Å². The molecule has 2 N–H and O–H groups in total. The summed E-state index contributed by atoms with van der Waals surface area (Å²) in [5.41, 5.74) is 0. The minimum absolute atomic E-state index is 0.823. The molecule has 2 saturated heterocycles. The predicted octanol–water partition coefficient (Wildman–Crippen LogP) is 1.31. The van der Waals surface area contributed by atoms with Gasteiger partial charge in [-0.1, -0.05) is 6.92 Å². The molecule has 0 aromatic carbocycles. The molecule has 2 aliphatic heterocycles. The summed E-state index contributed by atoms with van der Waals surface area (Å²) >= 11 is 0. The lowest BCUT2D eigenvalue weighted by Crippen LogP contribution is -2.49. The van der Waals surface area contributed by atoms with Gasteiger partial charge in [-0.2, -0.15) is 0 Å². The van der Waals surface area contributed by atoms with E-state index in [0.29, 0.717) is 0 Å². The standard InChI is InChI=1S/C14H29N3/c1-3-17(2)14(12-4-8-15-9-5-12)13-6-10-16-11-7-13/h12-16H,3-11H2,1-2H3. The third-order valence-corrected chi connectivity index (χ3v) is 4.74. The smallest absolute Gasteiger partial charge is 0.0150 e. The van der Waals surface area contributed by atoms with E-state index in [1.165, 1.54) is 58.4 Å². The molecule has 0 aromatic heterocycles. The van der Waals surface area contributed by atoms with Crippen molar-refractivity contribution in [1.82, 2.24) is 15.5 Å². The largest absolute Gasteiger partial charge is 0.317 e. The number of rotatable bonds is 4. The number of nitrogens with one attached hydrogen (secondary N) is 2. The van der Waals surface area contributed by atoms with Gasteiger partial charge in [-0.25, -0.2) is 0 Å². The Balaban J connectivity index is 2.00. The van der Waals surface area contributed by atoms with E-state index in [-0.39, 0.29) is 0 Å². The van der Waals surface area contributed by atoms with Crippen LogP contribution in [0.25, 0.3) is 0 Å². The molecular formula is C14H29N3. The van der Waals surface area contributed by atoms with Crippen LogP contribution in [0.2, 0.25) is 0 Å². The summed E-state index contributed by atoms with van der Waals surface area (Å²) in [6.45, 7) is 8.40. The maximum absolute atomic E-state index is 3.50. The highest BCUT2D eigenvalue weighted by Gasteiger charge is 2.33. The van der Waals surface area contributed by atoms with Gasteiger partial charge in [0.05, 0.1) is 0 Å². The van der Waals surface area contributed by atoms with Crippen LogP contribution >= 0.6 is 0 Å². The highest BCUT2D eigenvalue weighted by Crippen LogP contribution is 2.30. The van der Waals surface area contributed by atoms with E-state index < -0.39 is 0 Å². The zero-order valence-corrected chi connectivity index (χ0v) is 11.5. The van der Waals surface area contributed by atoms with Gasteiger partial charge in [-0.15, -0.1) is 0 Å². The van der Waals surface area contributed by atoms with Crippen LogP contribution in [-0.4, -0.2) is 50.7 Å². The van der Waals surface area contributed by atoms with Crippen molar-refractivity contribution in [2.75, 3.05) is 39.8 Å². The summed E-state index contributed by atoms with van der Waals surface area (Å²) in [5, 5.41) is 7.00. The zero-order valence-electron chi connectivity index (χ0n) is 11.5. The number of nitrogens with zero attached hydrogens (tertiary/aromatic N) is 1. The molecule has 0 aromatic rings. The normalized spacial score (nSPS) is 24.7. The molecule has 0 saturated carbocycles. The lowest BCUT2D eigenvalue weighted by atomic mass is 9.78. The quantitative estimate of drug-likeness (QED) is 0.774. The molecule has 0 unspecified atom stereocenters. The fourth-order valence-corrected chi connectivity index (χ4v) is 3.69. The van der Waals surface area contributed by atoms with Gasteiger partial charge in [0, 0.05) is 6.04 Å². The van der Waals surface area contributed by atoms with Crippen LogP contribution in [0.1, 0.15) is 32.6 Å². The fourth-order valence-electron chi connectivity index (χ4n) is 3.69. The molecule has 17 heavy (non-hydrogen) atoms. The average molecular weight is 239 g/mol. The molecule has 0 atom stereocenters. The van der Waals surface area contributed by atoms with Crippen molar-refractivity contribution in [3.05, 3.63) is 0 Å². The fraction of sp³-hybridized carbons (Fsp3) is 1.00. The Hall–Kier alpha value is -0.120. The maximum Gasteiger partial charge on any atom is 0.0150 e. The summed E-state index contributed by atoms with van der Waals surface area (Å²) in [7, 11) is 2.33. The average Bonchev–Trinajstić information content (AvgIpc) is 2.41. The van der Waals surface area contributed by atoms with Crippen molar-refractivity contribution < 1.29 is 0 Å². The van der Waals surface area contributed by atoms with Gasteiger partial charge in [0.15, 0.2) is 0 Å². The number of piperidine rings is 2. The van der Waals surface area contributed by atoms with E-state index in [2.05, 4.69) is 29.5 Å². The van der Waals surface area contributed by atoms with Crippen LogP contribution in [0, 0.1) is 11.8 Å². The van der Waals surface area contributed by atoms with Crippen molar-refractivity contribution in [2.45, 2.75) is 38.6 Å². The van der Waals surface area contributed by atoms with Crippen molar-refractivity contribution in [1.29, 1.82) is 0 Å².